The molecular formula is C18H20ClN3O2. The number of nitriles is 1. The summed E-state index contributed by atoms with van der Waals surface area (Å²) in [5, 5.41) is 12.8. The average Bonchev–Trinajstić information content (AvgIpc) is 3.02. The van der Waals surface area contributed by atoms with Crippen LogP contribution < -0.4 is 5.32 Å². The second-order valence-corrected chi connectivity index (χ2v) is 6.21. The van der Waals surface area contributed by atoms with Gasteiger partial charge in [-0.1, -0.05) is 11.6 Å². The van der Waals surface area contributed by atoms with Crippen LogP contribution in [0.5, 0.6) is 0 Å². The number of nitrogens with one attached hydrogen (secondary N) is 1. The molecule has 1 aliphatic heterocycles. The lowest BCUT2D eigenvalue weighted by Crippen LogP contribution is -2.41. The van der Waals surface area contributed by atoms with Crippen LogP contribution in [0.1, 0.15) is 23.1 Å². The fourth-order valence-corrected chi connectivity index (χ4v) is 3.08. The summed E-state index contributed by atoms with van der Waals surface area (Å²) in [6, 6.07) is 11.6. The summed E-state index contributed by atoms with van der Waals surface area (Å²) in [4.78, 5) is 2.36. The van der Waals surface area contributed by atoms with E-state index in [0.29, 0.717) is 17.1 Å². The summed E-state index contributed by atoms with van der Waals surface area (Å²) >= 11 is 6.11. The molecule has 1 unspecified atom stereocenters. The molecule has 1 aromatic heterocycles. The van der Waals surface area contributed by atoms with Crippen molar-refractivity contribution in [2.75, 3.05) is 38.2 Å². The van der Waals surface area contributed by atoms with Crippen molar-refractivity contribution in [1.29, 1.82) is 5.26 Å². The van der Waals surface area contributed by atoms with Crippen molar-refractivity contribution in [3.8, 4) is 6.07 Å². The largest absolute Gasteiger partial charge is 0.465 e. The molecule has 0 spiro atoms. The summed E-state index contributed by atoms with van der Waals surface area (Å²) in [7, 11) is 0. The number of benzene rings is 1. The summed E-state index contributed by atoms with van der Waals surface area (Å²) in [5.41, 5.74) is 1.37. The quantitative estimate of drug-likeness (QED) is 0.897. The van der Waals surface area contributed by atoms with Gasteiger partial charge in [-0.15, -0.1) is 0 Å². The van der Waals surface area contributed by atoms with E-state index in [0.717, 1.165) is 43.5 Å². The molecule has 24 heavy (non-hydrogen) atoms. The lowest BCUT2D eigenvalue weighted by molar-refractivity contribution is 0.0143. The minimum atomic E-state index is 0.122. The highest BCUT2D eigenvalue weighted by atomic mass is 35.5. The number of rotatable bonds is 5. The van der Waals surface area contributed by atoms with Crippen LogP contribution in [0.2, 0.25) is 5.02 Å². The molecule has 1 N–H and O–H groups in total. The van der Waals surface area contributed by atoms with E-state index in [1.165, 1.54) is 0 Å². The predicted molar refractivity (Wildman–Crippen MR) is 93.2 cm³/mol. The Morgan fingerprint density at radius 2 is 2.08 bits per heavy atom. The predicted octanol–water partition coefficient (Wildman–Crippen LogP) is 3.60. The van der Waals surface area contributed by atoms with Gasteiger partial charge in [-0.3, -0.25) is 4.90 Å². The minimum absolute atomic E-state index is 0.122. The van der Waals surface area contributed by atoms with Gasteiger partial charge in [0.15, 0.2) is 0 Å². The molecule has 0 radical (unpaired) electrons. The number of furan rings is 1. The topological polar surface area (TPSA) is 61.4 Å². The molecule has 1 aromatic carbocycles. The maximum absolute atomic E-state index is 8.96. The SMILES string of the molecule is Cc1ccc(C(CNc2ccc(C#N)c(Cl)c2)N2CCOCC2)o1. The molecule has 1 fully saturated rings. The Labute approximate surface area is 146 Å². The first-order chi connectivity index (χ1) is 11.7. The van der Waals surface area contributed by atoms with Crippen molar-refractivity contribution in [2.24, 2.45) is 0 Å². The molecule has 2 aromatic rings. The van der Waals surface area contributed by atoms with Crippen LogP contribution in [0.25, 0.3) is 0 Å². The van der Waals surface area contributed by atoms with Crippen molar-refractivity contribution < 1.29 is 9.15 Å². The van der Waals surface area contributed by atoms with Gasteiger partial charge in [0.05, 0.1) is 29.8 Å². The zero-order valence-electron chi connectivity index (χ0n) is 13.6. The first kappa shape index (κ1) is 16.8. The van der Waals surface area contributed by atoms with E-state index >= 15 is 0 Å². The van der Waals surface area contributed by atoms with E-state index in [4.69, 9.17) is 26.0 Å². The molecule has 3 rings (SSSR count). The molecule has 6 heteroatoms. The molecule has 1 saturated heterocycles. The van der Waals surface area contributed by atoms with Crippen LogP contribution in [0.15, 0.2) is 34.7 Å². The number of anilines is 1. The highest BCUT2D eigenvalue weighted by molar-refractivity contribution is 6.32. The molecule has 2 heterocycles. The van der Waals surface area contributed by atoms with Crippen LogP contribution in [0.3, 0.4) is 0 Å². The molecule has 0 aliphatic carbocycles. The van der Waals surface area contributed by atoms with Crippen LogP contribution >= 0.6 is 11.6 Å². The van der Waals surface area contributed by atoms with Gasteiger partial charge in [0.2, 0.25) is 0 Å². The highest BCUT2D eigenvalue weighted by Crippen LogP contribution is 2.26. The van der Waals surface area contributed by atoms with Crippen molar-refractivity contribution in [2.45, 2.75) is 13.0 Å². The zero-order chi connectivity index (χ0) is 16.9. The number of nitrogens with zero attached hydrogens (tertiary/aromatic N) is 2. The Kier molecular flexibility index (Phi) is 5.41. The maximum Gasteiger partial charge on any atom is 0.123 e. The van der Waals surface area contributed by atoms with Gasteiger partial charge in [-0.2, -0.15) is 5.26 Å². The number of ether oxygens (including phenoxy) is 1. The second-order valence-electron chi connectivity index (χ2n) is 5.80. The molecule has 0 saturated carbocycles. The second kappa shape index (κ2) is 7.71. The van der Waals surface area contributed by atoms with Crippen molar-refractivity contribution in [1.82, 2.24) is 4.90 Å². The van der Waals surface area contributed by atoms with Gasteiger partial charge in [0.1, 0.15) is 17.6 Å². The first-order valence-corrected chi connectivity index (χ1v) is 8.37. The molecule has 0 bridgehead atoms. The minimum Gasteiger partial charge on any atom is -0.465 e. The van der Waals surface area contributed by atoms with E-state index in [1.807, 2.05) is 25.1 Å². The summed E-state index contributed by atoms with van der Waals surface area (Å²) in [5.74, 6) is 1.85. The monoisotopic (exact) mass is 345 g/mol. The van der Waals surface area contributed by atoms with Gasteiger partial charge >= 0.3 is 0 Å². The number of hydrogen-bond donors (Lipinski definition) is 1. The molecule has 1 atom stereocenters. The Balaban J connectivity index is 1.74. The van der Waals surface area contributed by atoms with Crippen LogP contribution in [0.4, 0.5) is 5.69 Å². The standard InChI is InChI=1S/C18H20ClN3O2/c1-13-2-5-18(24-13)17(22-6-8-23-9-7-22)12-21-15-4-3-14(11-20)16(19)10-15/h2-5,10,17,21H,6-9,12H2,1H3. The highest BCUT2D eigenvalue weighted by Gasteiger charge is 2.25. The Hall–Kier alpha value is -2.00. The van der Waals surface area contributed by atoms with Crippen LogP contribution in [-0.2, 0) is 4.74 Å². The average molecular weight is 346 g/mol. The summed E-state index contributed by atoms with van der Waals surface area (Å²) < 4.78 is 11.3. The fourth-order valence-electron chi connectivity index (χ4n) is 2.86. The van der Waals surface area contributed by atoms with E-state index in [2.05, 4.69) is 16.3 Å². The van der Waals surface area contributed by atoms with Gasteiger partial charge in [-0.25, -0.2) is 0 Å². The van der Waals surface area contributed by atoms with E-state index in [9.17, 15) is 0 Å². The van der Waals surface area contributed by atoms with Gasteiger partial charge in [0.25, 0.3) is 0 Å². The van der Waals surface area contributed by atoms with E-state index < -0.39 is 0 Å². The third-order valence-corrected chi connectivity index (χ3v) is 4.48. The van der Waals surface area contributed by atoms with Crippen LogP contribution in [-0.4, -0.2) is 37.7 Å². The summed E-state index contributed by atoms with van der Waals surface area (Å²) in [6.07, 6.45) is 0. The number of hydrogen-bond acceptors (Lipinski definition) is 5. The zero-order valence-corrected chi connectivity index (χ0v) is 14.3. The van der Waals surface area contributed by atoms with E-state index in [-0.39, 0.29) is 6.04 Å². The van der Waals surface area contributed by atoms with Crippen molar-refractivity contribution in [3.05, 3.63) is 52.4 Å². The summed E-state index contributed by atoms with van der Waals surface area (Å²) in [6.45, 7) is 5.86. The molecule has 0 amide bonds. The number of aryl methyl sites for hydroxylation is 1. The first-order valence-electron chi connectivity index (χ1n) is 7.99. The van der Waals surface area contributed by atoms with Crippen molar-refractivity contribution in [3.63, 3.8) is 0 Å². The smallest absolute Gasteiger partial charge is 0.123 e. The third-order valence-electron chi connectivity index (χ3n) is 4.17. The van der Waals surface area contributed by atoms with Crippen molar-refractivity contribution >= 4 is 17.3 Å². The Morgan fingerprint density at radius 1 is 1.29 bits per heavy atom. The molecule has 5 nitrogen and oxygen atoms in total. The number of morpholine rings is 1. The normalized spacial score (nSPS) is 16.5. The lowest BCUT2D eigenvalue weighted by atomic mass is 10.1. The Morgan fingerprint density at radius 3 is 2.71 bits per heavy atom. The fraction of sp³-hybridized carbons (Fsp3) is 0.389. The van der Waals surface area contributed by atoms with E-state index in [1.54, 1.807) is 12.1 Å². The van der Waals surface area contributed by atoms with Gasteiger partial charge < -0.3 is 14.5 Å². The molecular weight excluding hydrogens is 326 g/mol. The maximum atomic E-state index is 8.96. The third kappa shape index (κ3) is 3.90. The van der Waals surface area contributed by atoms with Crippen LogP contribution in [0, 0.1) is 18.3 Å². The number of halogens is 1. The molecule has 1 aliphatic rings. The molecule has 126 valence electrons. The van der Waals surface area contributed by atoms with Gasteiger partial charge in [-0.05, 0) is 37.3 Å². The van der Waals surface area contributed by atoms with Gasteiger partial charge in [0, 0.05) is 25.3 Å². The Bertz CT molecular complexity index is 732. The lowest BCUT2D eigenvalue weighted by Gasteiger charge is -2.33.